The number of hydrogen-bond acceptors (Lipinski definition) is 1. The van der Waals surface area contributed by atoms with Gasteiger partial charge in [0.2, 0.25) is 0 Å². The van der Waals surface area contributed by atoms with E-state index < -0.39 is 16.5 Å². The average molecular weight is 254 g/mol. The van der Waals surface area contributed by atoms with Crippen LogP contribution in [0.1, 0.15) is 13.8 Å². The Morgan fingerprint density at radius 1 is 0.938 bits per heavy atom. The molecule has 0 aromatic carbocycles. The molecule has 0 saturated carbocycles. The Balaban J connectivity index is 3.04. The normalized spacial score (nSPS) is 19.8. The highest BCUT2D eigenvalue weighted by Gasteiger charge is 2.47. The second-order valence-electron chi connectivity index (χ2n) is 6.81. The lowest BCUT2D eigenvalue weighted by Gasteiger charge is -2.47. The number of rotatable bonds is 4. The van der Waals surface area contributed by atoms with Crippen LogP contribution in [0.4, 0.5) is 0 Å². The first-order valence-electron chi connectivity index (χ1n) is 6.27. The zero-order valence-electron chi connectivity index (χ0n) is 11.9. The Morgan fingerprint density at radius 3 is 1.69 bits per heavy atom. The second-order valence-corrected chi connectivity index (χ2v) is 16.4. The molecule has 0 aromatic rings. The number of hydrogen-bond donors (Lipinski definition) is 1. The van der Waals surface area contributed by atoms with E-state index in [9.17, 15) is 0 Å². The number of allylic oxidation sites excluding steroid dienone is 4. The first-order valence-corrected chi connectivity index (χ1v) is 12.8. The molecule has 0 aliphatic heterocycles. The van der Waals surface area contributed by atoms with Crippen LogP contribution >= 0.6 is 0 Å². The van der Waals surface area contributed by atoms with E-state index >= 15 is 0 Å². The highest BCUT2D eigenvalue weighted by molar-refractivity contribution is 6.92. The standard InChI is InChI=1S/C13H27NSi2/c1-12(2)13(10-8-9-11-13)16(6,7)14-15(3,4)5/h8-12,14H,1-7H3. The minimum atomic E-state index is -1.48. The summed E-state index contributed by atoms with van der Waals surface area (Å²) in [7, 11) is -2.69. The van der Waals surface area contributed by atoms with Crippen molar-refractivity contribution in [1.82, 2.24) is 4.65 Å². The predicted octanol–water partition coefficient (Wildman–Crippen LogP) is 4.14. The van der Waals surface area contributed by atoms with E-state index in [-0.39, 0.29) is 0 Å². The van der Waals surface area contributed by atoms with Gasteiger partial charge >= 0.3 is 0 Å². The molecule has 1 N–H and O–H groups in total. The molecule has 0 aromatic heterocycles. The molecule has 0 atom stereocenters. The van der Waals surface area contributed by atoms with E-state index in [1.54, 1.807) is 0 Å². The molecule has 1 rings (SSSR count). The van der Waals surface area contributed by atoms with E-state index in [0.717, 1.165) is 0 Å². The summed E-state index contributed by atoms with van der Waals surface area (Å²) < 4.78 is 4.03. The molecule has 0 saturated heterocycles. The van der Waals surface area contributed by atoms with Crippen molar-refractivity contribution in [3.05, 3.63) is 24.3 Å². The smallest absolute Gasteiger partial charge is 0.127 e. The quantitative estimate of drug-likeness (QED) is 0.743. The van der Waals surface area contributed by atoms with Gasteiger partial charge in [-0.15, -0.1) is 0 Å². The summed E-state index contributed by atoms with van der Waals surface area (Å²) >= 11 is 0. The Labute approximate surface area is 103 Å². The van der Waals surface area contributed by atoms with E-state index in [0.29, 0.717) is 11.0 Å². The van der Waals surface area contributed by atoms with Crippen molar-refractivity contribution in [2.45, 2.75) is 51.6 Å². The largest absolute Gasteiger partial charge is 0.359 e. The predicted molar refractivity (Wildman–Crippen MR) is 79.8 cm³/mol. The van der Waals surface area contributed by atoms with Crippen LogP contribution in [0.15, 0.2) is 24.3 Å². The van der Waals surface area contributed by atoms with Gasteiger partial charge in [0, 0.05) is 5.04 Å². The lowest BCUT2D eigenvalue weighted by atomic mass is 9.96. The molecule has 0 bridgehead atoms. The Kier molecular flexibility index (Phi) is 3.73. The summed E-state index contributed by atoms with van der Waals surface area (Å²) in [5.74, 6) is 0.674. The van der Waals surface area contributed by atoms with Crippen molar-refractivity contribution in [1.29, 1.82) is 0 Å². The van der Waals surface area contributed by atoms with Crippen LogP contribution in [-0.4, -0.2) is 16.5 Å². The first-order chi connectivity index (χ1) is 7.11. The first kappa shape index (κ1) is 13.9. The van der Waals surface area contributed by atoms with Crippen molar-refractivity contribution >= 4 is 16.5 Å². The summed E-state index contributed by atoms with van der Waals surface area (Å²) in [6.07, 6.45) is 9.30. The average Bonchev–Trinajstić information content (AvgIpc) is 2.46. The summed E-state index contributed by atoms with van der Waals surface area (Å²) in [6, 6.07) is 0. The SMILES string of the molecule is CC(C)C1([Si](C)(C)N[Si](C)(C)C)C=CC=C1. The summed E-state index contributed by atoms with van der Waals surface area (Å²) in [5, 5.41) is 0.299. The third kappa shape index (κ3) is 2.58. The summed E-state index contributed by atoms with van der Waals surface area (Å²) in [4.78, 5) is 0. The van der Waals surface area contributed by atoms with E-state index in [2.05, 4.69) is 75.5 Å². The molecule has 0 radical (unpaired) electrons. The molecule has 3 heteroatoms. The minimum absolute atomic E-state index is 0.299. The van der Waals surface area contributed by atoms with Gasteiger partial charge in [0.15, 0.2) is 0 Å². The topological polar surface area (TPSA) is 12.0 Å². The molecule has 1 nitrogen and oxygen atoms in total. The van der Waals surface area contributed by atoms with Gasteiger partial charge in [-0.3, -0.25) is 0 Å². The van der Waals surface area contributed by atoms with Crippen LogP contribution in [0.5, 0.6) is 0 Å². The maximum atomic E-state index is 4.03. The molecule has 16 heavy (non-hydrogen) atoms. The Morgan fingerprint density at radius 2 is 1.38 bits per heavy atom. The van der Waals surface area contributed by atoms with Crippen LogP contribution < -0.4 is 4.65 Å². The monoisotopic (exact) mass is 253 g/mol. The second kappa shape index (κ2) is 4.28. The molecule has 92 valence electrons. The lowest BCUT2D eigenvalue weighted by Crippen LogP contribution is -2.63. The molecule has 0 amide bonds. The van der Waals surface area contributed by atoms with Gasteiger partial charge in [0.1, 0.15) is 16.5 Å². The summed E-state index contributed by atoms with van der Waals surface area (Å²) in [6.45, 7) is 16.9. The van der Waals surface area contributed by atoms with Gasteiger partial charge in [-0.1, -0.05) is 70.9 Å². The van der Waals surface area contributed by atoms with Crippen molar-refractivity contribution in [2.24, 2.45) is 5.92 Å². The number of nitrogens with one attached hydrogen (secondary N) is 1. The van der Waals surface area contributed by atoms with Crippen LogP contribution in [0.3, 0.4) is 0 Å². The zero-order valence-corrected chi connectivity index (χ0v) is 13.9. The molecular formula is C13H27NSi2. The van der Waals surface area contributed by atoms with Crippen molar-refractivity contribution in [3.63, 3.8) is 0 Å². The van der Waals surface area contributed by atoms with Gasteiger partial charge < -0.3 is 4.65 Å². The molecule has 1 aliphatic rings. The van der Waals surface area contributed by atoms with Crippen molar-refractivity contribution in [3.8, 4) is 0 Å². The van der Waals surface area contributed by atoms with E-state index in [1.165, 1.54) is 0 Å². The molecule has 1 aliphatic carbocycles. The third-order valence-corrected chi connectivity index (χ3v) is 12.2. The highest BCUT2D eigenvalue weighted by Crippen LogP contribution is 2.49. The van der Waals surface area contributed by atoms with Gasteiger partial charge in [-0.05, 0) is 5.92 Å². The summed E-state index contributed by atoms with van der Waals surface area (Å²) in [5.41, 5.74) is 0. The Hall–Kier alpha value is -0.126. The van der Waals surface area contributed by atoms with E-state index in [4.69, 9.17) is 0 Å². The van der Waals surface area contributed by atoms with Crippen LogP contribution in [0.2, 0.25) is 37.8 Å². The maximum absolute atomic E-state index is 4.03. The van der Waals surface area contributed by atoms with Gasteiger partial charge in [0.05, 0.1) is 0 Å². The highest BCUT2D eigenvalue weighted by atomic mass is 28.4. The van der Waals surface area contributed by atoms with Crippen LogP contribution in [-0.2, 0) is 0 Å². The van der Waals surface area contributed by atoms with Gasteiger partial charge in [-0.25, -0.2) is 0 Å². The van der Waals surface area contributed by atoms with Crippen LogP contribution in [0.25, 0.3) is 0 Å². The fraction of sp³-hybridized carbons (Fsp3) is 0.692. The lowest BCUT2D eigenvalue weighted by molar-refractivity contribution is 0.549. The van der Waals surface area contributed by atoms with E-state index in [1.807, 2.05) is 0 Å². The molecule has 0 spiro atoms. The van der Waals surface area contributed by atoms with Crippen molar-refractivity contribution in [2.75, 3.05) is 0 Å². The van der Waals surface area contributed by atoms with Crippen LogP contribution in [0, 0.1) is 5.92 Å². The van der Waals surface area contributed by atoms with Gasteiger partial charge in [-0.2, -0.15) is 0 Å². The maximum Gasteiger partial charge on any atom is 0.127 e. The fourth-order valence-electron chi connectivity index (χ4n) is 3.05. The third-order valence-electron chi connectivity index (χ3n) is 3.58. The molecular weight excluding hydrogens is 226 g/mol. The zero-order chi connectivity index (χ0) is 12.6. The Bertz CT molecular complexity index is 296. The fourth-order valence-corrected chi connectivity index (χ4v) is 13.9. The van der Waals surface area contributed by atoms with Gasteiger partial charge in [0.25, 0.3) is 0 Å². The molecule has 0 unspecified atom stereocenters. The van der Waals surface area contributed by atoms with Crippen molar-refractivity contribution < 1.29 is 0 Å². The molecule has 0 heterocycles. The molecule has 0 fully saturated rings. The minimum Gasteiger partial charge on any atom is -0.359 e.